The molecule has 0 aromatic heterocycles. The fourth-order valence-electron chi connectivity index (χ4n) is 2.85. The molecule has 0 fully saturated rings. The van der Waals surface area contributed by atoms with E-state index in [9.17, 15) is 0 Å². The lowest BCUT2D eigenvalue weighted by molar-refractivity contribution is 0.467. The molecular weight excluding hydrogens is 295 g/mol. The van der Waals surface area contributed by atoms with Crippen molar-refractivity contribution in [3.05, 3.63) is 35.4 Å². The first-order valence-corrected chi connectivity index (χ1v) is 8.83. The summed E-state index contributed by atoms with van der Waals surface area (Å²) in [5.41, 5.74) is 2.87. The molecule has 0 saturated carbocycles. The molecule has 0 aliphatic carbocycles. The third-order valence-corrected chi connectivity index (χ3v) is 4.73. The Bertz CT molecular complexity index is 368. The van der Waals surface area contributed by atoms with Gasteiger partial charge in [0.25, 0.3) is 0 Å². The van der Waals surface area contributed by atoms with Crippen molar-refractivity contribution in [2.75, 3.05) is 0 Å². The number of halogens is 1. The molecule has 0 amide bonds. The van der Waals surface area contributed by atoms with E-state index in [0.29, 0.717) is 0 Å². The van der Waals surface area contributed by atoms with E-state index in [0.717, 1.165) is 12.8 Å². The summed E-state index contributed by atoms with van der Waals surface area (Å²) in [5.74, 6) is 0. The van der Waals surface area contributed by atoms with Crippen LogP contribution < -0.4 is 0 Å². The van der Waals surface area contributed by atoms with Crippen molar-refractivity contribution in [3.63, 3.8) is 0 Å². The number of rotatable bonds is 10. The maximum absolute atomic E-state index is 7.11. The zero-order valence-electron chi connectivity index (χ0n) is 14.3. The minimum absolute atomic E-state index is 0. The molecule has 1 unspecified atom stereocenters. The van der Waals surface area contributed by atoms with Crippen molar-refractivity contribution < 1.29 is 0 Å². The second-order valence-corrected chi connectivity index (χ2v) is 6.66. The van der Waals surface area contributed by atoms with E-state index < -0.39 is 0 Å². The average molecular weight is 329 g/mol. The number of hydrogen-bond donors (Lipinski definition) is 0. The second kappa shape index (κ2) is 11.5. The van der Waals surface area contributed by atoms with Gasteiger partial charge in [0.15, 0.2) is 0 Å². The predicted octanol–water partition coefficient (Wildman–Crippen LogP) is 6.90. The molecule has 21 heavy (non-hydrogen) atoms. The number of benzene rings is 1. The molecule has 1 atom stereocenters. The molecule has 0 heterocycles. The Morgan fingerprint density at radius 1 is 0.857 bits per heavy atom. The van der Waals surface area contributed by atoms with E-state index in [4.69, 9.17) is 11.6 Å². The number of aryl methyl sites for hydroxylation is 1. The Morgan fingerprint density at radius 3 is 1.90 bits per heavy atom. The SMILES string of the molecule is CCCCc1ccccc1C(Cl)(CCCC)CCCC.P. The highest BCUT2D eigenvalue weighted by atomic mass is 35.5. The molecule has 1 aromatic carbocycles. The van der Waals surface area contributed by atoms with Crippen LogP contribution in [0.4, 0.5) is 0 Å². The van der Waals surface area contributed by atoms with Gasteiger partial charge >= 0.3 is 0 Å². The summed E-state index contributed by atoms with van der Waals surface area (Å²) in [5, 5.41) is 0. The van der Waals surface area contributed by atoms with Gasteiger partial charge in [-0.05, 0) is 36.8 Å². The largest absolute Gasteiger partial charge is 0.153 e. The summed E-state index contributed by atoms with van der Waals surface area (Å²) in [6.45, 7) is 6.75. The molecule has 0 bridgehead atoms. The van der Waals surface area contributed by atoms with Crippen LogP contribution in [0.2, 0.25) is 0 Å². The van der Waals surface area contributed by atoms with Gasteiger partial charge in [-0.15, -0.1) is 11.6 Å². The summed E-state index contributed by atoms with van der Waals surface area (Å²) >= 11 is 7.11. The van der Waals surface area contributed by atoms with Crippen LogP contribution in [0.3, 0.4) is 0 Å². The molecule has 0 N–H and O–H groups in total. The summed E-state index contributed by atoms with van der Waals surface area (Å²) in [6.07, 6.45) is 10.8. The van der Waals surface area contributed by atoms with Gasteiger partial charge in [-0.3, -0.25) is 0 Å². The fraction of sp³-hybridized carbons (Fsp3) is 0.684. The maximum Gasteiger partial charge on any atom is 0.0697 e. The van der Waals surface area contributed by atoms with E-state index in [2.05, 4.69) is 45.0 Å². The lowest BCUT2D eigenvalue weighted by Gasteiger charge is -2.30. The topological polar surface area (TPSA) is 0 Å². The normalized spacial score (nSPS) is 11.2. The van der Waals surface area contributed by atoms with Crippen LogP contribution in [0.5, 0.6) is 0 Å². The van der Waals surface area contributed by atoms with Crippen molar-refractivity contribution in [2.24, 2.45) is 0 Å². The van der Waals surface area contributed by atoms with E-state index >= 15 is 0 Å². The Kier molecular flexibility index (Phi) is 11.5. The Balaban J connectivity index is 0.00000400. The molecule has 0 saturated heterocycles. The lowest BCUT2D eigenvalue weighted by atomic mass is 9.84. The van der Waals surface area contributed by atoms with Crippen molar-refractivity contribution >= 4 is 21.5 Å². The first-order valence-electron chi connectivity index (χ1n) is 8.45. The van der Waals surface area contributed by atoms with Crippen LogP contribution in [0.1, 0.15) is 83.3 Å². The van der Waals surface area contributed by atoms with Gasteiger partial charge in [-0.2, -0.15) is 9.90 Å². The Morgan fingerprint density at radius 2 is 1.38 bits per heavy atom. The third kappa shape index (κ3) is 6.70. The van der Waals surface area contributed by atoms with Crippen LogP contribution in [-0.2, 0) is 11.3 Å². The van der Waals surface area contributed by atoms with Crippen LogP contribution in [0.25, 0.3) is 0 Å². The molecule has 0 spiro atoms. The van der Waals surface area contributed by atoms with Crippen LogP contribution in [-0.4, -0.2) is 0 Å². The van der Waals surface area contributed by atoms with Crippen molar-refractivity contribution in [1.82, 2.24) is 0 Å². The Hall–Kier alpha value is -0.0600. The van der Waals surface area contributed by atoms with Crippen molar-refractivity contribution in [3.8, 4) is 0 Å². The zero-order chi connectivity index (χ0) is 14.8. The van der Waals surface area contributed by atoms with Gasteiger partial charge < -0.3 is 0 Å². The summed E-state index contributed by atoms with van der Waals surface area (Å²) in [6, 6.07) is 8.86. The van der Waals surface area contributed by atoms with Gasteiger partial charge in [-0.25, -0.2) is 0 Å². The predicted molar refractivity (Wildman–Crippen MR) is 103 cm³/mol. The molecular formula is C19H34ClP. The molecule has 2 heteroatoms. The number of hydrogen-bond acceptors (Lipinski definition) is 0. The van der Waals surface area contributed by atoms with E-state index in [1.165, 1.54) is 56.1 Å². The maximum atomic E-state index is 7.11. The van der Waals surface area contributed by atoms with Crippen molar-refractivity contribution in [1.29, 1.82) is 0 Å². The summed E-state index contributed by atoms with van der Waals surface area (Å²) in [4.78, 5) is -0.143. The molecule has 1 aromatic rings. The van der Waals surface area contributed by atoms with Crippen LogP contribution in [0.15, 0.2) is 24.3 Å². The smallest absolute Gasteiger partial charge is 0.0697 e. The molecule has 0 radical (unpaired) electrons. The van der Waals surface area contributed by atoms with Gasteiger partial charge in [-0.1, -0.05) is 77.1 Å². The van der Waals surface area contributed by atoms with Gasteiger partial charge in [0.05, 0.1) is 4.87 Å². The Labute approximate surface area is 140 Å². The van der Waals surface area contributed by atoms with Gasteiger partial charge in [0, 0.05) is 0 Å². The van der Waals surface area contributed by atoms with Crippen LogP contribution >= 0.6 is 21.5 Å². The lowest BCUT2D eigenvalue weighted by Crippen LogP contribution is -2.21. The summed E-state index contributed by atoms with van der Waals surface area (Å²) in [7, 11) is 0. The third-order valence-electron chi connectivity index (χ3n) is 4.15. The minimum atomic E-state index is -0.143. The first-order chi connectivity index (χ1) is 9.68. The molecule has 0 aliphatic rings. The quantitative estimate of drug-likeness (QED) is 0.323. The van der Waals surface area contributed by atoms with E-state index in [-0.39, 0.29) is 14.8 Å². The van der Waals surface area contributed by atoms with E-state index in [1.807, 2.05) is 0 Å². The first kappa shape index (κ1) is 20.9. The monoisotopic (exact) mass is 328 g/mol. The molecule has 122 valence electrons. The average Bonchev–Trinajstić information content (AvgIpc) is 2.49. The standard InChI is InChI=1S/C19H31Cl.H3P/c1-4-7-12-17-13-10-11-14-18(17)19(20,15-8-5-2)16-9-6-3;/h10-11,13-14H,4-9,12,15-16H2,1-3H3;1H3. The molecule has 0 nitrogen and oxygen atoms in total. The van der Waals surface area contributed by atoms with Crippen LogP contribution in [0, 0.1) is 0 Å². The highest BCUT2D eigenvalue weighted by molar-refractivity contribution is 6.92. The molecule has 1 rings (SSSR count). The molecule has 0 aliphatic heterocycles. The highest BCUT2D eigenvalue weighted by Crippen LogP contribution is 2.41. The van der Waals surface area contributed by atoms with Crippen molar-refractivity contribution in [2.45, 2.75) is 83.4 Å². The number of unbranched alkanes of at least 4 members (excludes halogenated alkanes) is 3. The van der Waals surface area contributed by atoms with E-state index in [1.54, 1.807) is 0 Å². The van der Waals surface area contributed by atoms with Gasteiger partial charge in [0.2, 0.25) is 0 Å². The fourth-order valence-corrected chi connectivity index (χ4v) is 3.30. The summed E-state index contributed by atoms with van der Waals surface area (Å²) < 4.78 is 0. The minimum Gasteiger partial charge on any atom is -0.153 e. The number of alkyl halides is 1. The van der Waals surface area contributed by atoms with Gasteiger partial charge in [0.1, 0.15) is 0 Å². The zero-order valence-corrected chi connectivity index (χ0v) is 16.4. The highest BCUT2D eigenvalue weighted by Gasteiger charge is 2.30. The second-order valence-electron chi connectivity index (χ2n) is 5.93.